The molecular formula is C12H12N4O. The first kappa shape index (κ1) is 9.77. The number of H-pyrrole nitrogens is 1. The van der Waals surface area contributed by atoms with Crippen LogP contribution in [0.5, 0.6) is 5.75 Å². The van der Waals surface area contributed by atoms with Crippen LogP contribution < -0.4 is 5.73 Å². The number of nitrogens with zero attached hydrogens (tertiary/aromatic N) is 2. The Kier molecular flexibility index (Phi) is 1.89. The molecule has 0 aliphatic rings. The van der Waals surface area contributed by atoms with Crippen LogP contribution in [0.15, 0.2) is 30.5 Å². The first-order valence-electron chi connectivity index (χ1n) is 5.25. The first-order chi connectivity index (χ1) is 8.16. The summed E-state index contributed by atoms with van der Waals surface area (Å²) >= 11 is 0. The normalized spacial score (nSPS) is 11.1. The standard InChI is InChI=1S/C12H12N4O/c1-16-12(8(13)6-14-16)10-5-7-9(15-10)3-2-4-11(7)17/h2-6,15,17H,13H2,1H3. The van der Waals surface area contributed by atoms with Gasteiger partial charge >= 0.3 is 0 Å². The molecule has 0 bridgehead atoms. The summed E-state index contributed by atoms with van der Waals surface area (Å²) in [5.41, 5.74) is 9.02. The number of nitrogens with one attached hydrogen (secondary N) is 1. The van der Waals surface area contributed by atoms with Crippen molar-refractivity contribution in [2.45, 2.75) is 0 Å². The van der Waals surface area contributed by atoms with Gasteiger partial charge in [-0.2, -0.15) is 5.10 Å². The van der Waals surface area contributed by atoms with Gasteiger partial charge in [0.05, 0.1) is 17.6 Å². The Labute approximate surface area is 97.5 Å². The molecular weight excluding hydrogens is 216 g/mol. The Hall–Kier alpha value is -2.43. The molecule has 0 amide bonds. The molecule has 0 unspecified atom stereocenters. The van der Waals surface area contributed by atoms with E-state index in [1.807, 2.05) is 19.2 Å². The maximum Gasteiger partial charge on any atom is 0.124 e. The number of phenolic OH excluding ortho intramolecular Hbond substituents is 1. The summed E-state index contributed by atoms with van der Waals surface area (Å²) in [4.78, 5) is 3.22. The molecule has 1 aromatic carbocycles. The van der Waals surface area contributed by atoms with Gasteiger partial charge in [0.25, 0.3) is 0 Å². The van der Waals surface area contributed by atoms with Crippen LogP contribution in [0.4, 0.5) is 5.69 Å². The predicted molar refractivity (Wildman–Crippen MR) is 66.6 cm³/mol. The lowest BCUT2D eigenvalue weighted by Gasteiger charge is -1.99. The zero-order valence-corrected chi connectivity index (χ0v) is 9.31. The van der Waals surface area contributed by atoms with Crippen LogP contribution in [0.25, 0.3) is 22.3 Å². The van der Waals surface area contributed by atoms with Crippen LogP contribution in [0.1, 0.15) is 0 Å². The second-order valence-corrected chi connectivity index (χ2v) is 3.99. The minimum atomic E-state index is 0.255. The highest BCUT2D eigenvalue weighted by molar-refractivity contribution is 5.91. The van der Waals surface area contributed by atoms with Crippen molar-refractivity contribution in [2.75, 3.05) is 5.73 Å². The minimum absolute atomic E-state index is 0.255. The summed E-state index contributed by atoms with van der Waals surface area (Å²) in [5.74, 6) is 0.255. The number of anilines is 1. The molecule has 3 aromatic rings. The van der Waals surface area contributed by atoms with Crippen molar-refractivity contribution >= 4 is 16.6 Å². The molecule has 0 spiro atoms. The molecule has 2 heterocycles. The van der Waals surface area contributed by atoms with Gasteiger partial charge < -0.3 is 15.8 Å². The highest BCUT2D eigenvalue weighted by atomic mass is 16.3. The fourth-order valence-electron chi connectivity index (χ4n) is 2.05. The molecule has 0 atom stereocenters. The average molecular weight is 228 g/mol. The third kappa shape index (κ3) is 1.36. The van der Waals surface area contributed by atoms with Crippen LogP contribution >= 0.6 is 0 Å². The van der Waals surface area contributed by atoms with Crippen molar-refractivity contribution in [1.29, 1.82) is 0 Å². The average Bonchev–Trinajstić information content (AvgIpc) is 2.84. The number of aromatic hydroxyl groups is 1. The quantitative estimate of drug-likeness (QED) is 0.594. The molecule has 5 nitrogen and oxygen atoms in total. The Morgan fingerprint density at radius 3 is 2.88 bits per heavy atom. The maximum atomic E-state index is 9.75. The lowest BCUT2D eigenvalue weighted by molar-refractivity contribution is 0.482. The van der Waals surface area contributed by atoms with Gasteiger partial charge in [0, 0.05) is 18.0 Å². The number of aromatic nitrogens is 3. The number of hydrogen-bond donors (Lipinski definition) is 3. The highest BCUT2D eigenvalue weighted by Crippen LogP contribution is 2.31. The molecule has 4 N–H and O–H groups in total. The van der Waals surface area contributed by atoms with E-state index < -0.39 is 0 Å². The fraction of sp³-hybridized carbons (Fsp3) is 0.0833. The number of nitrogen functional groups attached to an aromatic ring is 1. The van der Waals surface area contributed by atoms with Crippen LogP contribution in [-0.4, -0.2) is 19.9 Å². The summed E-state index contributed by atoms with van der Waals surface area (Å²) < 4.78 is 1.71. The summed E-state index contributed by atoms with van der Waals surface area (Å²) in [5, 5.41) is 14.6. The number of rotatable bonds is 1. The van der Waals surface area contributed by atoms with Crippen molar-refractivity contribution in [1.82, 2.24) is 14.8 Å². The molecule has 0 saturated heterocycles. The number of phenols is 1. The number of hydrogen-bond acceptors (Lipinski definition) is 3. The SMILES string of the molecule is Cn1ncc(N)c1-c1cc2c(O)cccc2[nH]1. The Morgan fingerprint density at radius 2 is 2.24 bits per heavy atom. The van der Waals surface area contributed by atoms with E-state index >= 15 is 0 Å². The van der Waals surface area contributed by atoms with E-state index in [0.29, 0.717) is 5.69 Å². The van der Waals surface area contributed by atoms with Crippen molar-refractivity contribution < 1.29 is 5.11 Å². The summed E-state index contributed by atoms with van der Waals surface area (Å²) in [6, 6.07) is 7.24. The zero-order valence-electron chi connectivity index (χ0n) is 9.31. The lowest BCUT2D eigenvalue weighted by atomic mass is 10.2. The van der Waals surface area contributed by atoms with Gasteiger partial charge in [0.2, 0.25) is 0 Å². The molecule has 0 aliphatic carbocycles. The van der Waals surface area contributed by atoms with E-state index in [0.717, 1.165) is 22.3 Å². The number of aryl methyl sites for hydroxylation is 1. The highest BCUT2D eigenvalue weighted by Gasteiger charge is 2.12. The lowest BCUT2D eigenvalue weighted by Crippen LogP contribution is -1.95. The van der Waals surface area contributed by atoms with Gasteiger partial charge in [-0.15, -0.1) is 0 Å². The van der Waals surface area contributed by atoms with Crippen molar-refractivity contribution in [3.8, 4) is 17.1 Å². The largest absolute Gasteiger partial charge is 0.507 e. The van der Waals surface area contributed by atoms with Crippen molar-refractivity contribution in [2.24, 2.45) is 7.05 Å². The van der Waals surface area contributed by atoms with Crippen LogP contribution in [0.3, 0.4) is 0 Å². The van der Waals surface area contributed by atoms with E-state index in [9.17, 15) is 5.11 Å². The van der Waals surface area contributed by atoms with E-state index in [1.165, 1.54) is 0 Å². The Morgan fingerprint density at radius 1 is 1.41 bits per heavy atom. The summed E-state index contributed by atoms with van der Waals surface area (Å²) in [7, 11) is 1.83. The molecule has 0 saturated carbocycles. The Balaban J connectivity index is 2.29. The smallest absolute Gasteiger partial charge is 0.124 e. The van der Waals surface area contributed by atoms with Gasteiger partial charge in [-0.3, -0.25) is 4.68 Å². The zero-order chi connectivity index (χ0) is 12.0. The number of aromatic amines is 1. The number of benzene rings is 1. The van der Waals surface area contributed by atoms with Crippen molar-refractivity contribution in [3.05, 3.63) is 30.5 Å². The molecule has 0 radical (unpaired) electrons. The van der Waals surface area contributed by atoms with E-state index in [-0.39, 0.29) is 5.75 Å². The minimum Gasteiger partial charge on any atom is -0.507 e. The van der Waals surface area contributed by atoms with E-state index in [1.54, 1.807) is 23.0 Å². The second-order valence-electron chi connectivity index (χ2n) is 3.99. The van der Waals surface area contributed by atoms with Crippen LogP contribution in [0.2, 0.25) is 0 Å². The summed E-state index contributed by atoms with van der Waals surface area (Å²) in [6.45, 7) is 0. The third-order valence-electron chi connectivity index (χ3n) is 2.86. The van der Waals surface area contributed by atoms with Gasteiger partial charge in [-0.25, -0.2) is 0 Å². The molecule has 17 heavy (non-hydrogen) atoms. The molecule has 5 heteroatoms. The molecule has 3 rings (SSSR count). The topological polar surface area (TPSA) is 79.9 Å². The van der Waals surface area contributed by atoms with E-state index in [2.05, 4.69) is 10.1 Å². The monoisotopic (exact) mass is 228 g/mol. The Bertz CT molecular complexity index is 676. The molecule has 2 aromatic heterocycles. The van der Waals surface area contributed by atoms with Gasteiger partial charge in [-0.1, -0.05) is 6.07 Å². The van der Waals surface area contributed by atoms with Gasteiger partial charge in [-0.05, 0) is 18.2 Å². The molecule has 86 valence electrons. The predicted octanol–water partition coefficient (Wildman–Crippen LogP) is 1.86. The molecule has 0 aliphatic heterocycles. The third-order valence-corrected chi connectivity index (χ3v) is 2.86. The number of fused-ring (bicyclic) bond motifs is 1. The summed E-state index contributed by atoms with van der Waals surface area (Å²) in [6.07, 6.45) is 1.61. The van der Waals surface area contributed by atoms with Crippen molar-refractivity contribution in [3.63, 3.8) is 0 Å². The number of nitrogens with two attached hydrogens (primary N) is 1. The fourth-order valence-corrected chi connectivity index (χ4v) is 2.05. The first-order valence-corrected chi connectivity index (χ1v) is 5.25. The van der Waals surface area contributed by atoms with E-state index in [4.69, 9.17) is 5.73 Å². The van der Waals surface area contributed by atoms with Crippen LogP contribution in [-0.2, 0) is 7.05 Å². The second kappa shape index (κ2) is 3.28. The van der Waals surface area contributed by atoms with Crippen LogP contribution in [0, 0.1) is 0 Å². The van der Waals surface area contributed by atoms with Gasteiger partial charge in [0.1, 0.15) is 11.4 Å². The van der Waals surface area contributed by atoms with Gasteiger partial charge in [0.15, 0.2) is 0 Å². The molecule has 0 fully saturated rings. The maximum absolute atomic E-state index is 9.75.